The molecular weight excluding hydrogens is 296 g/mol. The fourth-order valence-electron chi connectivity index (χ4n) is 2.11. The summed E-state index contributed by atoms with van der Waals surface area (Å²) < 4.78 is 0. The summed E-state index contributed by atoms with van der Waals surface area (Å²) in [5, 5.41) is 11.0. The molecule has 0 bridgehead atoms. The van der Waals surface area contributed by atoms with E-state index >= 15 is 0 Å². The minimum atomic E-state index is -1.27. The van der Waals surface area contributed by atoms with Crippen LogP contribution >= 0.6 is 0 Å². The van der Waals surface area contributed by atoms with Gasteiger partial charge in [0.05, 0.1) is 11.4 Å². The number of nitrogens with one attached hydrogen (secondary N) is 1. The van der Waals surface area contributed by atoms with Crippen molar-refractivity contribution < 1.29 is 14.7 Å². The summed E-state index contributed by atoms with van der Waals surface area (Å²) in [6.07, 6.45) is 0.281. The molecule has 1 heterocycles. The van der Waals surface area contributed by atoms with Crippen LogP contribution in [0.3, 0.4) is 0 Å². The van der Waals surface area contributed by atoms with Crippen LogP contribution in [0.25, 0.3) is 0 Å². The normalized spacial score (nSPS) is 11.6. The van der Waals surface area contributed by atoms with Gasteiger partial charge < -0.3 is 16.2 Å². The molecular formula is C16H18N4O3. The summed E-state index contributed by atoms with van der Waals surface area (Å²) in [6.45, 7) is 3.28. The number of carbonyl (C=O) groups is 2. The summed E-state index contributed by atoms with van der Waals surface area (Å²) in [4.78, 5) is 29.1. The largest absolute Gasteiger partial charge is 0.465 e. The van der Waals surface area contributed by atoms with Crippen LogP contribution in [0.15, 0.2) is 42.6 Å². The third-order valence-corrected chi connectivity index (χ3v) is 3.34. The topological polar surface area (TPSA) is 109 Å². The highest BCUT2D eigenvalue weighted by molar-refractivity contribution is 6.05. The predicted molar refractivity (Wildman–Crippen MR) is 87.6 cm³/mol. The van der Waals surface area contributed by atoms with Gasteiger partial charge in [-0.15, -0.1) is 0 Å². The number of nitrogens with two attached hydrogens (primary N) is 1. The number of nitrogen functional groups attached to an aromatic ring is 1. The minimum Gasteiger partial charge on any atom is -0.465 e. The van der Waals surface area contributed by atoms with E-state index in [4.69, 9.17) is 10.8 Å². The quantitative estimate of drug-likeness (QED) is 0.802. The average Bonchev–Trinajstić information content (AvgIpc) is 2.52. The summed E-state index contributed by atoms with van der Waals surface area (Å²) >= 11 is 0. The number of anilines is 3. The first-order valence-corrected chi connectivity index (χ1v) is 7.01. The Balaban J connectivity index is 2.51. The Morgan fingerprint density at radius 2 is 1.91 bits per heavy atom. The maximum absolute atomic E-state index is 12.7. The number of amides is 2. The molecule has 0 aliphatic rings. The number of carboxylic acid groups (broad SMARTS) is 1. The molecule has 7 nitrogen and oxygen atoms in total. The summed E-state index contributed by atoms with van der Waals surface area (Å²) in [7, 11) is 0. The van der Waals surface area contributed by atoms with E-state index in [1.165, 1.54) is 11.8 Å². The second kappa shape index (κ2) is 6.78. The van der Waals surface area contributed by atoms with Crippen LogP contribution in [0.2, 0.25) is 0 Å². The van der Waals surface area contributed by atoms with Crippen molar-refractivity contribution in [2.24, 2.45) is 0 Å². The predicted octanol–water partition coefficient (Wildman–Crippen LogP) is 2.29. The molecule has 0 saturated heterocycles. The zero-order valence-corrected chi connectivity index (χ0v) is 12.9. The molecule has 120 valence electrons. The van der Waals surface area contributed by atoms with E-state index in [0.29, 0.717) is 11.4 Å². The van der Waals surface area contributed by atoms with Gasteiger partial charge in [0.25, 0.3) is 5.91 Å². The van der Waals surface area contributed by atoms with E-state index in [-0.39, 0.29) is 5.82 Å². The van der Waals surface area contributed by atoms with Crippen molar-refractivity contribution in [1.82, 2.24) is 10.3 Å². The fourth-order valence-corrected chi connectivity index (χ4v) is 2.11. The maximum Gasteiger partial charge on any atom is 0.405 e. The van der Waals surface area contributed by atoms with Crippen molar-refractivity contribution in [3.63, 3.8) is 0 Å². The smallest absolute Gasteiger partial charge is 0.405 e. The molecule has 1 aromatic carbocycles. The highest BCUT2D eigenvalue weighted by atomic mass is 16.4. The molecule has 2 amide bonds. The van der Waals surface area contributed by atoms with Gasteiger partial charge in [-0.3, -0.25) is 9.69 Å². The number of hydrogen-bond donors (Lipinski definition) is 3. The third-order valence-electron chi connectivity index (χ3n) is 3.34. The molecule has 7 heteroatoms. The van der Waals surface area contributed by atoms with Crippen LogP contribution in [-0.2, 0) is 4.79 Å². The second-order valence-electron chi connectivity index (χ2n) is 5.05. The number of benzene rings is 1. The fraction of sp³-hybridized carbons (Fsp3) is 0.188. The number of rotatable bonds is 4. The third kappa shape index (κ3) is 3.57. The Kier molecular flexibility index (Phi) is 4.80. The summed E-state index contributed by atoms with van der Waals surface area (Å²) in [5.74, 6) is -0.191. The van der Waals surface area contributed by atoms with E-state index in [1.54, 1.807) is 36.5 Å². The van der Waals surface area contributed by atoms with Crippen LogP contribution in [0, 0.1) is 6.92 Å². The van der Waals surface area contributed by atoms with Crippen LogP contribution in [0.1, 0.15) is 12.5 Å². The highest BCUT2D eigenvalue weighted by Crippen LogP contribution is 2.30. The molecule has 2 rings (SSSR count). The van der Waals surface area contributed by atoms with Gasteiger partial charge in [0.1, 0.15) is 6.04 Å². The molecule has 4 N–H and O–H groups in total. The number of carbonyl (C=O) groups excluding carboxylic acids is 1. The SMILES string of the molecule is Cc1ccnc(N(C(=O)C(C)NC(=O)O)c2ccccc2)c1N. The summed E-state index contributed by atoms with van der Waals surface area (Å²) in [5.41, 5.74) is 7.77. The molecule has 0 radical (unpaired) electrons. The van der Waals surface area contributed by atoms with E-state index < -0.39 is 18.0 Å². The first-order chi connectivity index (χ1) is 10.9. The number of hydrogen-bond acceptors (Lipinski definition) is 4. The van der Waals surface area contributed by atoms with Crippen LogP contribution in [-0.4, -0.2) is 28.1 Å². The lowest BCUT2D eigenvalue weighted by molar-refractivity contribution is -0.119. The van der Waals surface area contributed by atoms with E-state index in [9.17, 15) is 9.59 Å². The lowest BCUT2D eigenvalue weighted by Crippen LogP contribution is -2.45. The standard InChI is InChI=1S/C16H18N4O3/c1-10-8-9-18-14(13(10)17)20(12-6-4-3-5-7-12)15(21)11(2)19-16(22)23/h3-9,11,19H,17H2,1-2H3,(H,22,23). The molecule has 0 fully saturated rings. The molecule has 0 spiro atoms. The van der Waals surface area contributed by atoms with Crippen molar-refractivity contribution in [2.45, 2.75) is 19.9 Å². The average molecular weight is 314 g/mol. The van der Waals surface area contributed by atoms with Gasteiger partial charge in [-0.1, -0.05) is 18.2 Å². The zero-order chi connectivity index (χ0) is 17.0. The van der Waals surface area contributed by atoms with Gasteiger partial charge in [-0.25, -0.2) is 9.78 Å². The minimum absolute atomic E-state index is 0.278. The lowest BCUT2D eigenvalue weighted by atomic mass is 10.2. The van der Waals surface area contributed by atoms with Gasteiger partial charge in [0, 0.05) is 6.20 Å². The Hall–Kier alpha value is -3.09. The highest BCUT2D eigenvalue weighted by Gasteiger charge is 2.27. The van der Waals surface area contributed by atoms with Gasteiger partial charge in [0.2, 0.25) is 0 Å². The van der Waals surface area contributed by atoms with Crippen molar-refractivity contribution in [1.29, 1.82) is 0 Å². The second-order valence-corrected chi connectivity index (χ2v) is 5.05. The summed E-state index contributed by atoms with van der Waals surface area (Å²) in [6, 6.07) is 9.62. The Labute approximate surface area is 133 Å². The van der Waals surface area contributed by atoms with Crippen LogP contribution in [0.5, 0.6) is 0 Å². The number of aromatic nitrogens is 1. The molecule has 23 heavy (non-hydrogen) atoms. The first-order valence-electron chi connectivity index (χ1n) is 7.01. The Morgan fingerprint density at radius 3 is 2.52 bits per heavy atom. The van der Waals surface area contributed by atoms with Gasteiger partial charge in [0.15, 0.2) is 5.82 Å². The molecule has 0 aliphatic carbocycles. The van der Waals surface area contributed by atoms with Crippen molar-refractivity contribution in [2.75, 3.05) is 10.6 Å². The lowest BCUT2D eigenvalue weighted by Gasteiger charge is -2.26. The van der Waals surface area contributed by atoms with Crippen LogP contribution < -0.4 is 16.0 Å². The van der Waals surface area contributed by atoms with Crippen molar-refractivity contribution in [3.05, 3.63) is 48.2 Å². The van der Waals surface area contributed by atoms with E-state index in [1.807, 2.05) is 13.0 Å². The molecule has 1 atom stereocenters. The monoisotopic (exact) mass is 314 g/mol. The Morgan fingerprint density at radius 1 is 1.26 bits per heavy atom. The van der Waals surface area contributed by atoms with E-state index in [0.717, 1.165) is 5.56 Å². The molecule has 0 saturated carbocycles. The molecule has 0 aliphatic heterocycles. The van der Waals surface area contributed by atoms with E-state index in [2.05, 4.69) is 10.3 Å². The van der Waals surface area contributed by atoms with Crippen LogP contribution in [0.4, 0.5) is 22.0 Å². The number of pyridine rings is 1. The molecule has 1 unspecified atom stereocenters. The van der Waals surface area contributed by atoms with Gasteiger partial charge >= 0.3 is 6.09 Å². The maximum atomic E-state index is 12.7. The van der Waals surface area contributed by atoms with Gasteiger partial charge in [-0.05, 0) is 37.6 Å². The number of aryl methyl sites for hydroxylation is 1. The first kappa shape index (κ1) is 16.3. The Bertz CT molecular complexity index is 719. The molecule has 1 aromatic heterocycles. The number of nitrogens with zero attached hydrogens (tertiary/aromatic N) is 2. The van der Waals surface area contributed by atoms with Gasteiger partial charge in [-0.2, -0.15) is 0 Å². The molecule has 2 aromatic rings. The van der Waals surface area contributed by atoms with Crippen molar-refractivity contribution in [3.8, 4) is 0 Å². The van der Waals surface area contributed by atoms with Crippen molar-refractivity contribution >= 4 is 29.2 Å². The number of para-hydroxylation sites is 1. The zero-order valence-electron chi connectivity index (χ0n) is 12.9.